The molecule has 0 unspecified atom stereocenters. The summed E-state index contributed by atoms with van der Waals surface area (Å²) in [5.41, 5.74) is 6.69. The Morgan fingerprint density at radius 3 is 1.14 bits per heavy atom. The van der Waals surface area contributed by atoms with Crippen molar-refractivity contribution in [3.05, 3.63) is 144 Å². The average molecular weight is 726 g/mol. The highest BCUT2D eigenvalue weighted by Gasteiger charge is 2.49. The van der Waals surface area contributed by atoms with E-state index in [2.05, 4.69) is 84.9 Å². The van der Waals surface area contributed by atoms with Crippen LogP contribution in [0.2, 0.25) is 0 Å². The molecule has 6 rings (SSSR count). The Balaban J connectivity index is 0.000000212. The van der Waals surface area contributed by atoms with Crippen LogP contribution in [0, 0.1) is 0 Å². The van der Waals surface area contributed by atoms with Gasteiger partial charge in [-0.05, 0) is 62.0 Å². The molecule has 0 aliphatic carbocycles. The zero-order valence-corrected chi connectivity index (χ0v) is 30.5. The first-order chi connectivity index (χ1) is 20.7. The second-order valence-electron chi connectivity index (χ2n) is 11.0. The van der Waals surface area contributed by atoms with Gasteiger partial charge in [0.25, 0.3) is 0 Å². The highest BCUT2D eigenvalue weighted by Crippen LogP contribution is 2.77. The maximum Gasteiger partial charge on any atom is 0.326 e. The van der Waals surface area contributed by atoms with E-state index in [1.165, 1.54) is 35.1 Å². The summed E-state index contributed by atoms with van der Waals surface area (Å²) in [4.78, 5) is 0. The minimum Gasteiger partial charge on any atom is -0.305 e. The van der Waals surface area contributed by atoms with Crippen molar-refractivity contribution in [3.8, 4) is 0 Å². The zero-order valence-electron chi connectivity index (χ0n) is 24.5. The van der Waals surface area contributed by atoms with Crippen LogP contribution in [0.4, 0.5) is 0 Å². The van der Waals surface area contributed by atoms with Crippen molar-refractivity contribution >= 4 is 65.8 Å². The lowest BCUT2D eigenvalue weighted by Crippen LogP contribution is -2.14. The summed E-state index contributed by atoms with van der Waals surface area (Å²) in [6.45, 7) is -1.72. The molecule has 44 heavy (non-hydrogen) atoms. The first kappa shape index (κ1) is 37.3. The van der Waals surface area contributed by atoms with Crippen LogP contribution in [0.25, 0.3) is 0 Å². The zero-order chi connectivity index (χ0) is 30.8. The van der Waals surface area contributed by atoms with Gasteiger partial charge in [-0.3, -0.25) is 4.67 Å². The van der Waals surface area contributed by atoms with Crippen LogP contribution in [0.5, 0.6) is 0 Å². The van der Waals surface area contributed by atoms with Gasteiger partial charge >= 0.3 is 6.73 Å². The van der Waals surface area contributed by atoms with Gasteiger partial charge in [-0.1, -0.05) is 140 Å². The SMILES string of the molecule is C.CN(C)P1(=O)[C@@H](c2ccccc2)CC[C@@H]1c1ccccc1.ClP1[C@@H](c2ccccc2)CC[C@@H]1c1ccccc1.Cl[SiH](Cl)Cl. The van der Waals surface area contributed by atoms with Gasteiger partial charge in [-0.15, -0.1) is 33.2 Å². The molecule has 0 N–H and O–H groups in total. The molecule has 0 amide bonds. The Morgan fingerprint density at radius 2 is 0.864 bits per heavy atom. The van der Waals surface area contributed by atoms with E-state index < -0.39 is 21.3 Å². The largest absolute Gasteiger partial charge is 0.326 e. The highest BCUT2D eigenvalue weighted by molar-refractivity contribution is 7.84. The minimum atomic E-state index is -2.47. The predicted molar refractivity (Wildman–Crippen MR) is 201 cm³/mol. The van der Waals surface area contributed by atoms with Crippen LogP contribution in [-0.2, 0) is 4.57 Å². The van der Waals surface area contributed by atoms with E-state index in [0.29, 0.717) is 11.3 Å². The summed E-state index contributed by atoms with van der Waals surface area (Å²) in [7, 11) is 0.995. The summed E-state index contributed by atoms with van der Waals surface area (Å²) in [6.07, 6.45) is 4.44. The molecule has 0 bridgehead atoms. The molecule has 2 aliphatic rings. The van der Waals surface area contributed by atoms with Crippen molar-refractivity contribution in [3.63, 3.8) is 0 Å². The topological polar surface area (TPSA) is 20.3 Å². The highest BCUT2D eigenvalue weighted by atomic mass is 35.8. The molecule has 0 saturated carbocycles. The molecule has 2 aliphatic heterocycles. The molecule has 4 aromatic carbocycles. The van der Waals surface area contributed by atoms with E-state index in [-0.39, 0.29) is 18.7 Å². The fourth-order valence-electron chi connectivity index (χ4n) is 6.32. The third kappa shape index (κ3) is 9.46. The van der Waals surface area contributed by atoms with E-state index in [4.69, 9.17) is 44.5 Å². The summed E-state index contributed by atoms with van der Waals surface area (Å²) < 4.78 is 15.9. The summed E-state index contributed by atoms with van der Waals surface area (Å²) in [5, 5.41) is 0. The molecule has 0 aromatic heterocycles. The van der Waals surface area contributed by atoms with Gasteiger partial charge in [-0.25, -0.2) is 0 Å². The van der Waals surface area contributed by atoms with Crippen LogP contribution < -0.4 is 0 Å². The first-order valence-electron chi connectivity index (χ1n) is 14.6. The molecular formula is C35H43Cl4NOP2Si. The van der Waals surface area contributed by atoms with Gasteiger partial charge in [0.05, 0.1) is 11.3 Å². The lowest BCUT2D eigenvalue weighted by Gasteiger charge is -2.32. The molecule has 4 atom stereocenters. The van der Waals surface area contributed by atoms with E-state index in [1.54, 1.807) is 0 Å². The minimum absolute atomic E-state index is 0. The Labute approximate surface area is 286 Å². The second-order valence-corrected chi connectivity index (χ2v) is 23.9. The van der Waals surface area contributed by atoms with E-state index in [1.807, 2.05) is 55.2 Å². The van der Waals surface area contributed by atoms with Crippen molar-refractivity contribution in [2.75, 3.05) is 14.1 Å². The van der Waals surface area contributed by atoms with Crippen molar-refractivity contribution < 1.29 is 4.57 Å². The van der Waals surface area contributed by atoms with Crippen molar-refractivity contribution in [1.29, 1.82) is 0 Å². The van der Waals surface area contributed by atoms with Gasteiger partial charge in [0.2, 0.25) is 0 Å². The third-order valence-electron chi connectivity index (χ3n) is 8.28. The Bertz CT molecular complexity index is 1320. The van der Waals surface area contributed by atoms with Crippen LogP contribution in [-0.4, -0.2) is 25.5 Å². The summed E-state index contributed by atoms with van der Waals surface area (Å²) in [6, 6.07) is 42.2. The summed E-state index contributed by atoms with van der Waals surface area (Å²) in [5.74, 6) is 0. The van der Waals surface area contributed by atoms with E-state index in [9.17, 15) is 4.57 Å². The van der Waals surface area contributed by atoms with E-state index in [0.717, 1.165) is 12.8 Å². The normalized spacial score (nSPS) is 22.4. The number of benzene rings is 4. The van der Waals surface area contributed by atoms with Crippen LogP contribution >= 0.6 is 59.0 Å². The fraction of sp³-hybridized carbons (Fsp3) is 0.314. The maximum absolute atomic E-state index is 13.9. The molecule has 2 saturated heterocycles. The number of hydrogen-bond donors (Lipinski definition) is 0. The standard InChI is InChI=1S/C18H22NOP.C16H16ClP.CH4.Cl3HSi/c1-19(2)21(20)17(15-9-5-3-6-10-15)13-14-18(21)16-11-7-4-8-12-16;17-18-15(13-7-3-1-4-8-13)11-12-16(18)14-9-5-2-6-10-14;;1-4(2)3/h3-12,17-18H,13-14H2,1-2H3;1-10,15-16H,11-12H2;1H4;4H/t17-,18-;15-,16-;;/m11../s1. The average Bonchev–Trinajstić information content (AvgIpc) is 3.59. The van der Waals surface area contributed by atoms with Gasteiger partial charge in [0.15, 0.2) is 7.29 Å². The molecule has 2 nitrogen and oxygen atoms in total. The monoisotopic (exact) mass is 723 g/mol. The quantitative estimate of drug-likeness (QED) is 0.116. The third-order valence-corrected chi connectivity index (χ3v) is 16.1. The van der Waals surface area contributed by atoms with Gasteiger partial charge in [0.1, 0.15) is 0 Å². The smallest absolute Gasteiger partial charge is 0.305 e. The van der Waals surface area contributed by atoms with Crippen LogP contribution in [0.3, 0.4) is 0 Å². The number of nitrogens with zero attached hydrogens (tertiary/aromatic N) is 1. The Kier molecular flexibility index (Phi) is 15.5. The van der Waals surface area contributed by atoms with E-state index >= 15 is 0 Å². The Morgan fingerprint density at radius 1 is 0.591 bits per heavy atom. The van der Waals surface area contributed by atoms with Crippen molar-refractivity contribution in [1.82, 2.24) is 4.67 Å². The molecule has 4 aromatic rings. The molecule has 2 heterocycles. The lowest BCUT2D eigenvalue weighted by atomic mass is 10.0. The van der Waals surface area contributed by atoms with Crippen LogP contribution in [0.1, 0.15) is 78.0 Å². The second kappa shape index (κ2) is 18.3. The lowest BCUT2D eigenvalue weighted by molar-refractivity contribution is 0.502. The maximum atomic E-state index is 13.9. The molecule has 0 spiro atoms. The van der Waals surface area contributed by atoms with Gasteiger partial charge in [-0.2, -0.15) is 0 Å². The number of rotatable bonds is 5. The van der Waals surface area contributed by atoms with Crippen molar-refractivity contribution in [2.45, 2.75) is 55.7 Å². The molecular weight excluding hydrogens is 682 g/mol. The molecule has 236 valence electrons. The van der Waals surface area contributed by atoms with Gasteiger partial charge < -0.3 is 4.57 Å². The predicted octanol–water partition coefficient (Wildman–Crippen LogP) is 13.1. The van der Waals surface area contributed by atoms with Crippen LogP contribution in [0.15, 0.2) is 121 Å². The van der Waals surface area contributed by atoms with Gasteiger partial charge in [0, 0.05) is 18.6 Å². The molecule has 9 heteroatoms. The Hall–Kier alpha value is -1.12. The number of halogens is 4. The summed E-state index contributed by atoms with van der Waals surface area (Å²) >= 11 is 21.6. The first-order valence-corrected chi connectivity index (χ1v) is 24.0. The number of hydrogen-bond acceptors (Lipinski definition) is 1. The van der Waals surface area contributed by atoms with Crippen molar-refractivity contribution in [2.24, 2.45) is 0 Å². The fourth-order valence-corrected chi connectivity index (χ4v) is 13.5. The molecule has 0 radical (unpaired) electrons. The molecule has 2 fully saturated rings.